The van der Waals surface area contributed by atoms with Gasteiger partial charge >= 0.3 is 17.9 Å². The van der Waals surface area contributed by atoms with Gasteiger partial charge in [0.1, 0.15) is 6.10 Å². The molecule has 0 saturated carbocycles. The summed E-state index contributed by atoms with van der Waals surface area (Å²) in [7, 11) is 0. The number of carbonyl (C=O) groups excluding carboxylic acids is 1. The molecule has 0 fully saturated rings. The number of aliphatic hydroxyl groups is 1. The van der Waals surface area contributed by atoms with Crippen LogP contribution < -0.4 is 0 Å². The van der Waals surface area contributed by atoms with Crippen molar-refractivity contribution >= 4 is 11.9 Å². The van der Waals surface area contributed by atoms with Gasteiger partial charge in [0.2, 0.25) is 0 Å². The van der Waals surface area contributed by atoms with Crippen LogP contribution in [-0.4, -0.2) is 29.1 Å². The van der Waals surface area contributed by atoms with Crippen LogP contribution in [0.2, 0.25) is 0 Å². The van der Waals surface area contributed by atoms with E-state index in [1.54, 1.807) is 18.2 Å². The van der Waals surface area contributed by atoms with Crippen molar-refractivity contribution in [3.8, 4) is 0 Å². The molecule has 1 aromatic carbocycles. The summed E-state index contributed by atoms with van der Waals surface area (Å²) in [6.45, 7) is 0. The van der Waals surface area contributed by atoms with Gasteiger partial charge in [0.05, 0.1) is 0 Å². The highest BCUT2D eigenvalue weighted by molar-refractivity contribution is 5.91. The Labute approximate surface area is 105 Å². The number of ketones is 1. The summed E-state index contributed by atoms with van der Waals surface area (Å²) >= 11 is 0. The smallest absolute Gasteiger partial charge is 0.382 e. The fraction of sp³-hybridized carbons (Fsp3) is 0.250. The number of hydrogen-bond donors (Lipinski definition) is 1. The maximum Gasteiger partial charge on any atom is 0.456 e. The van der Waals surface area contributed by atoms with Crippen LogP contribution in [0.3, 0.4) is 0 Å². The van der Waals surface area contributed by atoms with Crippen molar-refractivity contribution in [2.75, 3.05) is 0 Å². The average molecular weight is 280 g/mol. The van der Waals surface area contributed by atoms with E-state index in [1.165, 1.54) is 12.1 Å². The van der Waals surface area contributed by atoms with Gasteiger partial charge in [-0.05, 0) is 11.6 Å². The molecule has 0 bridgehead atoms. The van der Waals surface area contributed by atoms with E-state index in [9.17, 15) is 26.7 Å². The Kier molecular flexibility index (Phi) is 4.41. The average Bonchev–Trinajstić information content (AvgIpc) is 2.35. The normalized spacial score (nSPS) is 14.6. The van der Waals surface area contributed by atoms with Gasteiger partial charge in [0, 0.05) is 0 Å². The lowest BCUT2D eigenvalue weighted by molar-refractivity contribution is -0.204. The Morgan fingerprint density at radius 2 is 1.63 bits per heavy atom. The standard InChI is InChI=1S/C12H9F5O2/c13-11(14,10(19)12(15,16)17)9(18)7-6-8-4-2-1-3-5-8/h1-7,9,18H/b7-6+. The summed E-state index contributed by atoms with van der Waals surface area (Å²) < 4.78 is 61.8. The van der Waals surface area contributed by atoms with Crippen molar-refractivity contribution in [2.24, 2.45) is 0 Å². The van der Waals surface area contributed by atoms with Crippen LogP contribution in [0.5, 0.6) is 0 Å². The van der Waals surface area contributed by atoms with Gasteiger partial charge in [-0.25, -0.2) is 0 Å². The topological polar surface area (TPSA) is 37.3 Å². The van der Waals surface area contributed by atoms with Gasteiger partial charge in [0.15, 0.2) is 0 Å². The largest absolute Gasteiger partial charge is 0.456 e. The van der Waals surface area contributed by atoms with Crippen LogP contribution in [-0.2, 0) is 4.79 Å². The Morgan fingerprint density at radius 1 is 1.11 bits per heavy atom. The molecule has 1 atom stereocenters. The predicted molar refractivity (Wildman–Crippen MR) is 57.5 cm³/mol. The Hall–Kier alpha value is -1.76. The predicted octanol–water partition coefficient (Wildman–Crippen LogP) is 2.83. The number of benzene rings is 1. The van der Waals surface area contributed by atoms with Crippen molar-refractivity contribution < 1.29 is 31.9 Å². The molecule has 0 aliphatic carbocycles. The molecule has 7 heteroatoms. The molecule has 1 N–H and O–H groups in total. The zero-order valence-electron chi connectivity index (χ0n) is 9.36. The number of carbonyl (C=O) groups is 1. The van der Waals surface area contributed by atoms with E-state index in [-0.39, 0.29) is 0 Å². The van der Waals surface area contributed by atoms with Crippen LogP contribution in [0.15, 0.2) is 36.4 Å². The number of alkyl halides is 5. The molecule has 1 unspecified atom stereocenters. The fourth-order valence-corrected chi connectivity index (χ4v) is 1.21. The van der Waals surface area contributed by atoms with Gasteiger partial charge in [-0.15, -0.1) is 0 Å². The highest BCUT2D eigenvalue weighted by Gasteiger charge is 2.58. The first-order chi connectivity index (χ1) is 8.65. The van der Waals surface area contributed by atoms with E-state index in [0.717, 1.165) is 6.08 Å². The molecule has 0 aromatic heterocycles. The molecule has 19 heavy (non-hydrogen) atoms. The monoisotopic (exact) mass is 280 g/mol. The third-order valence-corrected chi connectivity index (χ3v) is 2.20. The Balaban J connectivity index is 2.85. The van der Waals surface area contributed by atoms with Gasteiger partial charge < -0.3 is 5.11 Å². The second-order valence-electron chi connectivity index (χ2n) is 3.66. The van der Waals surface area contributed by atoms with E-state index in [4.69, 9.17) is 5.11 Å². The first-order valence-corrected chi connectivity index (χ1v) is 5.06. The van der Waals surface area contributed by atoms with Gasteiger partial charge in [-0.3, -0.25) is 4.79 Å². The molecule has 1 rings (SSSR count). The van der Waals surface area contributed by atoms with Crippen molar-refractivity contribution in [1.82, 2.24) is 0 Å². The summed E-state index contributed by atoms with van der Waals surface area (Å²) in [6, 6.07) is 7.78. The lowest BCUT2D eigenvalue weighted by atomic mass is 10.1. The van der Waals surface area contributed by atoms with Crippen LogP contribution in [0.25, 0.3) is 6.08 Å². The first kappa shape index (κ1) is 15.3. The molecule has 0 radical (unpaired) electrons. The molecule has 0 aliphatic rings. The zero-order chi connectivity index (χ0) is 14.7. The SMILES string of the molecule is O=C(C(F)(F)F)C(F)(F)C(O)/C=C/c1ccccc1. The lowest BCUT2D eigenvalue weighted by Crippen LogP contribution is -2.47. The van der Waals surface area contributed by atoms with Crippen molar-refractivity contribution in [3.63, 3.8) is 0 Å². The van der Waals surface area contributed by atoms with Gasteiger partial charge in [-0.1, -0.05) is 36.4 Å². The quantitative estimate of drug-likeness (QED) is 0.861. The van der Waals surface area contributed by atoms with Gasteiger partial charge in [-0.2, -0.15) is 22.0 Å². The Bertz CT molecular complexity index is 465. The second-order valence-corrected chi connectivity index (χ2v) is 3.66. The molecule has 1 aromatic rings. The molecule has 0 heterocycles. The van der Waals surface area contributed by atoms with E-state index in [1.807, 2.05) is 0 Å². The zero-order valence-corrected chi connectivity index (χ0v) is 9.36. The Morgan fingerprint density at radius 3 is 2.11 bits per heavy atom. The molecule has 0 spiro atoms. The summed E-state index contributed by atoms with van der Waals surface area (Å²) in [5.74, 6) is -8.19. The third kappa shape index (κ3) is 3.85. The van der Waals surface area contributed by atoms with Crippen LogP contribution >= 0.6 is 0 Å². The number of Topliss-reactive ketones (excluding diaryl/α,β-unsaturated/α-hetero) is 1. The second kappa shape index (κ2) is 5.48. The summed E-state index contributed by atoms with van der Waals surface area (Å²) in [5.41, 5.74) is 0.400. The maximum atomic E-state index is 13.0. The van der Waals surface area contributed by atoms with Crippen LogP contribution in [0, 0.1) is 0 Å². The summed E-state index contributed by atoms with van der Waals surface area (Å²) in [5, 5.41) is 9.01. The number of aliphatic hydroxyl groups excluding tert-OH is 1. The maximum absolute atomic E-state index is 13.0. The van der Waals surface area contributed by atoms with Crippen molar-refractivity contribution in [3.05, 3.63) is 42.0 Å². The lowest BCUT2D eigenvalue weighted by Gasteiger charge is -2.19. The van der Waals surface area contributed by atoms with Crippen molar-refractivity contribution in [2.45, 2.75) is 18.2 Å². The molecule has 0 aliphatic heterocycles. The number of rotatable bonds is 4. The summed E-state index contributed by atoms with van der Waals surface area (Å²) in [4.78, 5) is 10.5. The molecular formula is C12H9F5O2. The highest BCUT2D eigenvalue weighted by Crippen LogP contribution is 2.31. The fourth-order valence-electron chi connectivity index (χ4n) is 1.21. The minimum Gasteiger partial charge on any atom is -0.382 e. The van der Waals surface area contributed by atoms with E-state index >= 15 is 0 Å². The third-order valence-electron chi connectivity index (χ3n) is 2.20. The summed E-state index contributed by atoms with van der Waals surface area (Å²) in [6.07, 6.45) is -7.10. The van der Waals surface area contributed by atoms with E-state index in [0.29, 0.717) is 11.6 Å². The molecule has 104 valence electrons. The molecule has 2 nitrogen and oxygen atoms in total. The molecular weight excluding hydrogens is 271 g/mol. The van der Waals surface area contributed by atoms with Crippen LogP contribution in [0.1, 0.15) is 5.56 Å². The number of hydrogen-bond acceptors (Lipinski definition) is 2. The van der Waals surface area contributed by atoms with Gasteiger partial charge in [0.25, 0.3) is 0 Å². The highest BCUT2D eigenvalue weighted by atomic mass is 19.4. The molecule has 0 saturated heterocycles. The van der Waals surface area contributed by atoms with E-state index < -0.39 is 24.0 Å². The first-order valence-electron chi connectivity index (χ1n) is 5.06. The van der Waals surface area contributed by atoms with Crippen LogP contribution in [0.4, 0.5) is 22.0 Å². The number of halogens is 5. The van der Waals surface area contributed by atoms with Crippen molar-refractivity contribution in [1.29, 1.82) is 0 Å². The van der Waals surface area contributed by atoms with E-state index in [2.05, 4.69) is 0 Å². The molecule has 0 amide bonds. The minimum atomic E-state index is -5.70. The minimum absolute atomic E-state index is 0.400.